The van der Waals surface area contributed by atoms with Crippen molar-refractivity contribution < 1.29 is 4.79 Å². The molecule has 122 valence electrons. The molecule has 1 N–H and O–H groups in total. The fourth-order valence-corrected chi connectivity index (χ4v) is 3.13. The number of rotatable bonds is 4. The van der Waals surface area contributed by atoms with Gasteiger partial charge >= 0.3 is 0 Å². The van der Waals surface area contributed by atoms with Crippen LogP contribution in [0.3, 0.4) is 0 Å². The Morgan fingerprint density at radius 3 is 2.62 bits per heavy atom. The molecule has 24 heavy (non-hydrogen) atoms. The third-order valence-electron chi connectivity index (χ3n) is 3.76. The number of hydrogen-bond donors (Lipinski definition) is 1. The van der Waals surface area contributed by atoms with Crippen molar-refractivity contribution in [1.29, 1.82) is 0 Å². The van der Waals surface area contributed by atoms with Crippen molar-refractivity contribution in [2.45, 2.75) is 20.4 Å². The lowest BCUT2D eigenvalue weighted by Crippen LogP contribution is -2.17. The summed E-state index contributed by atoms with van der Waals surface area (Å²) in [5.74, 6) is 0.593. The molecule has 0 aliphatic rings. The summed E-state index contributed by atoms with van der Waals surface area (Å²) in [5, 5.41) is 7.49. The predicted molar refractivity (Wildman–Crippen MR) is 104 cm³/mol. The highest BCUT2D eigenvalue weighted by Gasteiger charge is 2.14. The SMILES string of the molecule is Cc1cc(NC(=O)c2cccc(C)c2I)n(Cc2ccccc2)n1. The Labute approximate surface area is 155 Å². The summed E-state index contributed by atoms with van der Waals surface area (Å²) >= 11 is 2.21. The number of nitrogens with zero attached hydrogens (tertiary/aromatic N) is 2. The molecule has 0 unspecified atom stereocenters. The lowest BCUT2D eigenvalue weighted by Gasteiger charge is -2.11. The van der Waals surface area contributed by atoms with Crippen LogP contribution < -0.4 is 5.32 Å². The standard InChI is InChI=1S/C19H18IN3O/c1-13-7-6-10-16(18(13)20)19(24)21-17-11-14(2)22-23(17)12-15-8-4-3-5-9-15/h3-11H,12H2,1-2H3,(H,21,24). The molecule has 0 bridgehead atoms. The Balaban J connectivity index is 1.85. The van der Waals surface area contributed by atoms with Gasteiger partial charge in [-0.05, 0) is 53.6 Å². The molecule has 0 spiro atoms. The maximum absolute atomic E-state index is 12.6. The maximum atomic E-state index is 12.6. The van der Waals surface area contributed by atoms with Crippen molar-refractivity contribution in [2.75, 3.05) is 5.32 Å². The molecular formula is C19H18IN3O. The fraction of sp³-hybridized carbons (Fsp3) is 0.158. The molecule has 3 aromatic rings. The number of aromatic nitrogens is 2. The van der Waals surface area contributed by atoms with Crippen LogP contribution in [0, 0.1) is 17.4 Å². The highest BCUT2D eigenvalue weighted by Crippen LogP contribution is 2.19. The van der Waals surface area contributed by atoms with E-state index in [9.17, 15) is 4.79 Å². The third kappa shape index (κ3) is 3.67. The van der Waals surface area contributed by atoms with Crippen LogP contribution >= 0.6 is 22.6 Å². The van der Waals surface area contributed by atoms with Gasteiger partial charge in [-0.25, -0.2) is 4.68 Å². The predicted octanol–water partition coefficient (Wildman–Crippen LogP) is 4.41. The Bertz CT molecular complexity index is 872. The monoisotopic (exact) mass is 431 g/mol. The minimum atomic E-state index is -0.114. The van der Waals surface area contributed by atoms with Crippen LogP contribution in [0.25, 0.3) is 0 Å². The van der Waals surface area contributed by atoms with Gasteiger partial charge in [-0.1, -0.05) is 42.5 Å². The van der Waals surface area contributed by atoms with E-state index in [1.54, 1.807) is 0 Å². The van der Waals surface area contributed by atoms with Crippen LogP contribution in [-0.4, -0.2) is 15.7 Å². The van der Waals surface area contributed by atoms with Crippen LogP contribution in [0.2, 0.25) is 0 Å². The number of nitrogens with one attached hydrogen (secondary N) is 1. The molecule has 0 fully saturated rings. The van der Waals surface area contributed by atoms with E-state index in [0.717, 1.165) is 20.4 Å². The molecule has 1 aromatic heterocycles. The number of carbonyl (C=O) groups is 1. The highest BCUT2D eigenvalue weighted by atomic mass is 127. The zero-order chi connectivity index (χ0) is 17.1. The molecule has 1 amide bonds. The second kappa shape index (κ2) is 7.17. The van der Waals surface area contributed by atoms with E-state index in [1.807, 2.05) is 73.1 Å². The summed E-state index contributed by atoms with van der Waals surface area (Å²) < 4.78 is 2.80. The highest BCUT2D eigenvalue weighted by molar-refractivity contribution is 14.1. The normalized spacial score (nSPS) is 10.6. The Hall–Kier alpha value is -2.15. The fourth-order valence-electron chi connectivity index (χ4n) is 2.53. The van der Waals surface area contributed by atoms with E-state index in [1.165, 1.54) is 0 Å². The number of aryl methyl sites for hydroxylation is 2. The molecule has 0 radical (unpaired) electrons. The number of hydrogen-bond acceptors (Lipinski definition) is 2. The Kier molecular flexibility index (Phi) is 4.99. The molecule has 0 atom stereocenters. The molecule has 0 saturated heterocycles. The van der Waals surface area contributed by atoms with Crippen molar-refractivity contribution >= 4 is 34.3 Å². The van der Waals surface area contributed by atoms with Gasteiger partial charge in [0, 0.05) is 9.64 Å². The lowest BCUT2D eigenvalue weighted by atomic mass is 10.1. The van der Waals surface area contributed by atoms with Gasteiger partial charge in [0.2, 0.25) is 0 Å². The number of anilines is 1. The molecule has 1 heterocycles. The van der Waals surface area contributed by atoms with Gasteiger partial charge in [-0.15, -0.1) is 0 Å². The summed E-state index contributed by atoms with van der Waals surface area (Å²) in [6.07, 6.45) is 0. The molecule has 3 rings (SSSR count). The van der Waals surface area contributed by atoms with Crippen LogP contribution in [0.5, 0.6) is 0 Å². The van der Waals surface area contributed by atoms with Gasteiger partial charge in [0.25, 0.3) is 5.91 Å². The van der Waals surface area contributed by atoms with Crippen molar-refractivity contribution in [1.82, 2.24) is 9.78 Å². The van der Waals surface area contributed by atoms with E-state index in [2.05, 4.69) is 33.0 Å². The van der Waals surface area contributed by atoms with Gasteiger partial charge < -0.3 is 5.32 Å². The number of benzene rings is 2. The summed E-state index contributed by atoms with van der Waals surface area (Å²) in [4.78, 5) is 12.6. The van der Waals surface area contributed by atoms with Gasteiger partial charge in [0.15, 0.2) is 0 Å². The largest absolute Gasteiger partial charge is 0.307 e. The van der Waals surface area contributed by atoms with Gasteiger partial charge in [-0.2, -0.15) is 5.10 Å². The van der Waals surface area contributed by atoms with Crippen LogP contribution in [0.1, 0.15) is 27.2 Å². The van der Waals surface area contributed by atoms with Gasteiger partial charge in [0.05, 0.1) is 17.8 Å². The first-order valence-electron chi connectivity index (χ1n) is 7.69. The zero-order valence-corrected chi connectivity index (χ0v) is 15.7. The average molecular weight is 431 g/mol. The smallest absolute Gasteiger partial charge is 0.257 e. The first kappa shape index (κ1) is 16.7. The molecule has 5 heteroatoms. The van der Waals surface area contributed by atoms with Crippen molar-refractivity contribution in [3.63, 3.8) is 0 Å². The first-order valence-corrected chi connectivity index (χ1v) is 8.77. The molecule has 0 saturated carbocycles. The van der Waals surface area contributed by atoms with E-state index in [-0.39, 0.29) is 5.91 Å². The maximum Gasteiger partial charge on any atom is 0.257 e. The summed E-state index contributed by atoms with van der Waals surface area (Å²) in [6.45, 7) is 4.55. The minimum Gasteiger partial charge on any atom is -0.307 e. The van der Waals surface area contributed by atoms with E-state index < -0.39 is 0 Å². The molecule has 2 aromatic carbocycles. The average Bonchev–Trinajstić information content (AvgIpc) is 2.90. The van der Waals surface area contributed by atoms with E-state index in [0.29, 0.717) is 17.9 Å². The summed E-state index contributed by atoms with van der Waals surface area (Å²) in [7, 11) is 0. The third-order valence-corrected chi connectivity index (χ3v) is 5.19. The number of halogens is 1. The van der Waals surface area contributed by atoms with Crippen molar-refractivity contribution in [3.05, 3.63) is 80.6 Å². The molecular weight excluding hydrogens is 413 g/mol. The van der Waals surface area contributed by atoms with Crippen molar-refractivity contribution in [3.8, 4) is 0 Å². The van der Waals surface area contributed by atoms with E-state index >= 15 is 0 Å². The van der Waals surface area contributed by atoms with Crippen LogP contribution in [0.4, 0.5) is 5.82 Å². The van der Waals surface area contributed by atoms with Crippen molar-refractivity contribution in [2.24, 2.45) is 0 Å². The number of carbonyl (C=O) groups excluding carboxylic acids is 1. The van der Waals surface area contributed by atoms with Crippen LogP contribution in [0.15, 0.2) is 54.6 Å². The molecule has 4 nitrogen and oxygen atoms in total. The van der Waals surface area contributed by atoms with Gasteiger partial charge in [0.1, 0.15) is 5.82 Å². The second-order valence-electron chi connectivity index (χ2n) is 5.70. The van der Waals surface area contributed by atoms with Crippen LogP contribution in [-0.2, 0) is 6.54 Å². The van der Waals surface area contributed by atoms with Gasteiger partial charge in [-0.3, -0.25) is 4.79 Å². The Morgan fingerprint density at radius 2 is 1.88 bits per heavy atom. The number of amides is 1. The first-order chi connectivity index (χ1) is 11.5. The topological polar surface area (TPSA) is 46.9 Å². The summed E-state index contributed by atoms with van der Waals surface area (Å²) in [6, 6.07) is 17.7. The lowest BCUT2D eigenvalue weighted by molar-refractivity contribution is 0.102. The summed E-state index contributed by atoms with van der Waals surface area (Å²) in [5.41, 5.74) is 3.79. The molecule has 0 aliphatic carbocycles. The molecule has 0 aliphatic heterocycles. The second-order valence-corrected chi connectivity index (χ2v) is 6.78. The quantitative estimate of drug-likeness (QED) is 0.623. The zero-order valence-electron chi connectivity index (χ0n) is 13.6. The minimum absolute atomic E-state index is 0.114. The van der Waals surface area contributed by atoms with E-state index in [4.69, 9.17) is 0 Å². The Morgan fingerprint density at radius 1 is 1.12 bits per heavy atom.